The summed E-state index contributed by atoms with van der Waals surface area (Å²) in [6.07, 6.45) is -4.30. The van der Waals surface area contributed by atoms with Crippen LogP contribution in [0.1, 0.15) is 41.8 Å². The molecule has 1 atom stereocenters. The van der Waals surface area contributed by atoms with E-state index in [-0.39, 0.29) is 17.1 Å². The Morgan fingerprint density at radius 1 is 1.22 bits per heavy atom. The molecule has 0 spiro atoms. The van der Waals surface area contributed by atoms with Crippen molar-refractivity contribution in [1.29, 1.82) is 0 Å². The normalized spacial score (nSPS) is 15.1. The number of para-hydroxylation sites is 1. The fourth-order valence-corrected chi connectivity index (χ4v) is 4.54. The average Bonchev–Trinajstić information content (AvgIpc) is 3.43. The van der Waals surface area contributed by atoms with Gasteiger partial charge in [0.1, 0.15) is 28.6 Å². The van der Waals surface area contributed by atoms with Gasteiger partial charge in [-0.2, -0.15) is 18.3 Å². The summed E-state index contributed by atoms with van der Waals surface area (Å²) in [5.74, 6) is -2.78. The van der Waals surface area contributed by atoms with E-state index in [1.807, 2.05) is 6.07 Å². The minimum absolute atomic E-state index is 0.260. The number of nitrogens with two attached hydrogens (primary N) is 1. The van der Waals surface area contributed by atoms with Crippen LogP contribution in [0.4, 0.5) is 27.8 Å². The Hall–Kier alpha value is -3.67. The second-order valence-electron chi connectivity index (χ2n) is 9.62. The van der Waals surface area contributed by atoms with Crippen LogP contribution in [-0.2, 0) is 11.8 Å². The molecule has 0 unspecified atom stereocenters. The molecule has 3 aromatic rings. The summed E-state index contributed by atoms with van der Waals surface area (Å²) < 4.78 is 76.1. The van der Waals surface area contributed by atoms with E-state index in [0.29, 0.717) is 30.4 Å². The molecule has 4 rings (SSSR count). The molecule has 2 aromatic carbocycles. The Bertz CT molecular complexity index is 1340. The number of nitrogens with zero attached hydrogens (tertiary/aromatic N) is 2. The van der Waals surface area contributed by atoms with Gasteiger partial charge in [-0.15, -0.1) is 0 Å². The maximum atomic E-state index is 14.1. The third-order valence-corrected chi connectivity index (χ3v) is 6.44. The Morgan fingerprint density at radius 3 is 2.62 bits per heavy atom. The third-order valence-electron chi connectivity index (χ3n) is 6.44. The first-order valence-electron chi connectivity index (χ1n) is 11.3. The van der Waals surface area contributed by atoms with Gasteiger partial charge in [-0.3, -0.25) is 4.79 Å². The SMILES string of the molecule is CC(C)(C[C@](O)(CNC(=O)c1cnn(-c2ccc(F)cc2F)c1N)C(F)(F)F)c1cccc2c1OCC2. The Kier molecular flexibility index (Phi) is 6.65. The largest absolute Gasteiger partial charge is 0.493 e. The summed E-state index contributed by atoms with van der Waals surface area (Å²) in [5.41, 5.74) is 2.17. The van der Waals surface area contributed by atoms with Crippen molar-refractivity contribution in [2.75, 3.05) is 18.9 Å². The number of hydrogen-bond acceptors (Lipinski definition) is 5. The molecule has 198 valence electrons. The van der Waals surface area contributed by atoms with Gasteiger partial charge in [-0.1, -0.05) is 32.0 Å². The zero-order chi connectivity index (χ0) is 27.2. The number of carbonyl (C=O) groups excluding carboxylic acids is 1. The van der Waals surface area contributed by atoms with Crippen molar-refractivity contribution in [1.82, 2.24) is 15.1 Å². The zero-order valence-corrected chi connectivity index (χ0v) is 20.0. The van der Waals surface area contributed by atoms with Gasteiger partial charge in [0, 0.05) is 18.1 Å². The number of anilines is 1. The number of nitrogen functional groups attached to an aromatic ring is 1. The molecular weight excluding hydrogens is 499 g/mol. The first-order chi connectivity index (χ1) is 17.2. The van der Waals surface area contributed by atoms with Gasteiger partial charge in [0.25, 0.3) is 5.91 Å². The summed E-state index contributed by atoms with van der Waals surface area (Å²) in [6, 6.07) is 7.81. The van der Waals surface area contributed by atoms with Crippen LogP contribution in [0.25, 0.3) is 5.69 Å². The lowest BCUT2D eigenvalue weighted by atomic mass is 9.74. The van der Waals surface area contributed by atoms with E-state index in [1.54, 1.807) is 26.0 Å². The smallest absolute Gasteiger partial charge is 0.418 e. The molecule has 37 heavy (non-hydrogen) atoms. The number of aliphatic hydroxyl groups is 1. The molecule has 4 N–H and O–H groups in total. The molecule has 7 nitrogen and oxygen atoms in total. The van der Waals surface area contributed by atoms with Gasteiger partial charge in [0.2, 0.25) is 0 Å². The minimum Gasteiger partial charge on any atom is -0.493 e. The van der Waals surface area contributed by atoms with Crippen molar-refractivity contribution in [3.8, 4) is 11.4 Å². The van der Waals surface area contributed by atoms with E-state index in [4.69, 9.17) is 10.5 Å². The van der Waals surface area contributed by atoms with E-state index in [9.17, 15) is 31.9 Å². The van der Waals surface area contributed by atoms with Gasteiger partial charge in [-0.05, 0) is 29.5 Å². The predicted octanol–water partition coefficient (Wildman–Crippen LogP) is 4.06. The number of amides is 1. The molecule has 0 aliphatic carbocycles. The van der Waals surface area contributed by atoms with Crippen LogP contribution in [0.15, 0.2) is 42.6 Å². The quantitative estimate of drug-likeness (QED) is 0.405. The molecule has 0 fully saturated rings. The van der Waals surface area contributed by atoms with E-state index in [0.717, 1.165) is 28.6 Å². The van der Waals surface area contributed by atoms with E-state index in [1.165, 1.54) is 0 Å². The van der Waals surface area contributed by atoms with Crippen LogP contribution in [0, 0.1) is 11.6 Å². The number of rotatable bonds is 7. The second-order valence-corrected chi connectivity index (χ2v) is 9.62. The molecule has 12 heteroatoms. The van der Waals surface area contributed by atoms with Crippen molar-refractivity contribution in [3.05, 3.63) is 70.9 Å². The van der Waals surface area contributed by atoms with Gasteiger partial charge < -0.3 is 20.9 Å². The van der Waals surface area contributed by atoms with Crippen LogP contribution in [0.2, 0.25) is 0 Å². The topological polar surface area (TPSA) is 102 Å². The summed E-state index contributed by atoms with van der Waals surface area (Å²) in [6.45, 7) is 2.35. The van der Waals surface area contributed by atoms with Gasteiger partial charge >= 0.3 is 6.18 Å². The van der Waals surface area contributed by atoms with Gasteiger partial charge in [0.15, 0.2) is 11.4 Å². The number of aromatic nitrogens is 2. The maximum absolute atomic E-state index is 14.1. The van der Waals surface area contributed by atoms with Crippen molar-refractivity contribution in [3.63, 3.8) is 0 Å². The summed E-state index contributed by atoms with van der Waals surface area (Å²) in [4.78, 5) is 12.7. The lowest BCUT2D eigenvalue weighted by Gasteiger charge is -2.38. The first-order valence-corrected chi connectivity index (χ1v) is 11.3. The van der Waals surface area contributed by atoms with Gasteiger partial charge in [-0.25, -0.2) is 13.5 Å². The highest BCUT2D eigenvalue weighted by molar-refractivity contribution is 5.98. The Balaban J connectivity index is 1.56. The van der Waals surface area contributed by atoms with Crippen molar-refractivity contribution in [2.24, 2.45) is 0 Å². The molecule has 0 radical (unpaired) electrons. The molecule has 0 bridgehead atoms. The maximum Gasteiger partial charge on any atom is 0.418 e. The number of halogens is 5. The number of nitrogens with one attached hydrogen (secondary N) is 1. The number of ether oxygens (including phenoxy) is 1. The molecule has 1 aliphatic heterocycles. The van der Waals surface area contributed by atoms with Crippen molar-refractivity contribution < 1.29 is 36.6 Å². The van der Waals surface area contributed by atoms with E-state index < -0.39 is 47.7 Å². The second kappa shape index (κ2) is 9.33. The highest BCUT2D eigenvalue weighted by Crippen LogP contribution is 2.45. The lowest BCUT2D eigenvalue weighted by molar-refractivity contribution is -0.263. The molecule has 0 saturated heterocycles. The summed E-state index contributed by atoms with van der Waals surface area (Å²) in [7, 11) is 0. The fourth-order valence-electron chi connectivity index (χ4n) is 4.54. The Labute approximate surface area is 209 Å². The highest BCUT2D eigenvalue weighted by Gasteiger charge is 2.56. The van der Waals surface area contributed by atoms with Crippen LogP contribution >= 0.6 is 0 Å². The molecule has 2 heterocycles. The van der Waals surface area contributed by atoms with E-state index in [2.05, 4.69) is 10.4 Å². The number of benzene rings is 2. The van der Waals surface area contributed by atoms with Crippen LogP contribution in [0.5, 0.6) is 5.75 Å². The molecular formula is C25H25F5N4O3. The first kappa shape index (κ1) is 26.4. The number of carbonyl (C=O) groups is 1. The number of alkyl halides is 3. The minimum atomic E-state index is -5.09. The third kappa shape index (κ3) is 4.97. The van der Waals surface area contributed by atoms with Crippen LogP contribution in [0.3, 0.4) is 0 Å². The zero-order valence-electron chi connectivity index (χ0n) is 20.0. The van der Waals surface area contributed by atoms with Gasteiger partial charge in [0.05, 0.1) is 19.3 Å². The fraction of sp³-hybridized carbons (Fsp3) is 0.360. The highest BCUT2D eigenvalue weighted by atomic mass is 19.4. The van der Waals surface area contributed by atoms with Crippen LogP contribution in [-0.4, -0.2) is 45.7 Å². The standard InChI is InChI=1S/C25H25F5N4O3/c1-23(2,17-5-3-4-14-8-9-37-20(14)17)12-24(36,25(28,29)30)13-32-22(35)16-11-33-34(21(16)31)19-7-6-15(26)10-18(19)27/h3-7,10-11,36H,8-9,12-13,31H2,1-2H3,(H,32,35)/t24-/m0/s1. The average molecular weight is 524 g/mol. The van der Waals surface area contributed by atoms with Crippen molar-refractivity contribution >= 4 is 11.7 Å². The molecule has 1 aliphatic rings. The Morgan fingerprint density at radius 2 is 1.95 bits per heavy atom. The molecule has 1 amide bonds. The van der Waals surface area contributed by atoms with Crippen LogP contribution < -0.4 is 15.8 Å². The lowest BCUT2D eigenvalue weighted by Crippen LogP contribution is -2.56. The number of fused-ring (bicyclic) bond motifs is 1. The molecule has 1 aromatic heterocycles. The molecule has 0 saturated carbocycles. The number of hydrogen-bond donors (Lipinski definition) is 3. The summed E-state index contributed by atoms with van der Waals surface area (Å²) in [5, 5.41) is 16.7. The van der Waals surface area contributed by atoms with E-state index >= 15 is 0 Å². The summed E-state index contributed by atoms with van der Waals surface area (Å²) >= 11 is 0. The predicted molar refractivity (Wildman–Crippen MR) is 125 cm³/mol. The monoisotopic (exact) mass is 524 g/mol. The van der Waals surface area contributed by atoms with Crippen molar-refractivity contribution in [2.45, 2.75) is 43.9 Å².